The number of hydrogen-bond acceptors (Lipinski definition) is 5. The molecule has 7 nitrogen and oxygen atoms in total. The molecule has 0 saturated heterocycles. The Morgan fingerprint density at radius 3 is 2.31 bits per heavy atom. The normalized spacial score (nSPS) is 14.8. The highest BCUT2D eigenvalue weighted by atomic mass is 32.2. The fraction of sp³-hybridized carbons (Fsp3) is 0.350. The minimum absolute atomic E-state index is 0.0767. The Morgan fingerprint density at radius 1 is 1.14 bits per heavy atom. The van der Waals surface area contributed by atoms with Gasteiger partial charge in [-0.15, -0.1) is 0 Å². The molecule has 0 radical (unpaired) electrons. The summed E-state index contributed by atoms with van der Waals surface area (Å²) >= 11 is 0. The Labute approximate surface area is 171 Å². The summed E-state index contributed by atoms with van der Waals surface area (Å²) in [7, 11) is -7.47. The topological polar surface area (TPSA) is 110 Å². The van der Waals surface area contributed by atoms with Crippen LogP contribution in [0, 0.1) is 6.92 Å². The maximum absolute atomic E-state index is 13.1. The van der Waals surface area contributed by atoms with Gasteiger partial charge in [-0.25, -0.2) is 13.1 Å². The molecule has 0 amide bonds. The van der Waals surface area contributed by atoms with Crippen molar-refractivity contribution in [1.82, 2.24) is 4.72 Å². The van der Waals surface area contributed by atoms with E-state index in [2.05, 4.69) is 4.72 Å². The van der Waals surface area contributed by atoms with Crippen LogP contribution in [0.25, 0.3) is 0 Å². The van der Waals surface area contributed by atoms with E-state index in [-0.39, 0.29) is 24.1 Å². The second kappa shape index (κ2) is 10.2. The van der Waals surface area contributed by atoms with Gasteiger partial charge in [-0.05, 0) is 38.0 Å². The van der Waals surface area contributed by atoms with E-state index in [1.807, 2.05) is 37.3 Å². The number of carboxylic acids is 1. The molecule has 2 atom stereocenters. The van der Waals surface area contributed by atoms with Crippen LogP contribution in [0.3, 0.4) is 0 Å². The van der Waals surface area contributed by atoms with Gasteiger partial charge in [0.1, 0.15) is 6.16 Å². The maximum atomic E-state index is 13.1. The lowest BCUT2D eigenvalue weighted by molar-refractivity contribution is -0.134. The van der Waals surface area contributed by atoms with Gasteiger partial charge in [0.25, 0.3) is 0 Å². The highest BCUT2D eigenvalue weighted by molar-refractivity contribution is 7.89. The number of sulfonamides is 1. The van der Waals surface area contributed by atoms with Gasteiger partial charge in [0.2, 0.25) is 17.4 Å². The van der Waals surface area contributed by atoms with E-state index < -0.39 is 35.6 Å². The van der Waals surface area contributed by atoms with E-state index in [9.17, 15) is 17.8 Å². The highest BCUT2D eigenvalue weighted by Crippen LogP contribution is 2.47. The fourth-order valence-electron chi connectivity index (χ4n) is 2.99. The molecule has 2 rings (SSSR count). The molecule has 158 valence electrons. The molecule has 2 unspecified atom stereocenters. The molecule has 0 heterocycles. The zero-order valence-corrected chi connectivity index (χ0v) is 18.2. The average Bonchev–Trinajstić information content (AvgIpc) is 2.61. The number of nitrogens with one attached hydrogen (secondary N) is 1. The molecular weight excluding hydrogens is 413 g/mol. The van der Waals surface area contributed by atoms with Crippen molar-refractivity contribution in [3.05, 3.63) is 65.7 Å². The molecule has 0 aromatic heterocycles. The van der Waals surface area contributed by atoms with Crippen LogP contribution in [0.15, 0.2) is 59.5 Å². The second-order valence-corrected chi connectivity index (χ2v) is 11.1. The fourth-order valence-corrected chi connectivity index (χ4v) is 6.45. The summed E-state index contributed by atoms with van der Waals surface area (Å²) < 4.78 is 46.6. The summed E-state index contributed by atoms with van der Waals surface area (Å²) in [5, 5.41) is 9.12. The van der Waals surface area contributed by atoms with E-state index in [1.165, 1.54) is 12.1 Å². The first-order valence-electron chi connectivity index (χ1n) is 9.21. The molecule has 0 aliphatic carbocycles. The van der Waals surface area contributed by atoms with Crippen molar-refractivity contribution in [2.75, 3.05) is 18.9 Å². The summed E-state index contributed by atoms with van der Waals surface area (Å²) in [6.07, 6.45) is -0.617. The Hall–Kier alpha value is -1.99. The summed E-state index contributed by atoms with van der Waals surface area (Å²) in [5.41, 5.74) is 1.76. The van der Waals surface area contributed by atoms with E-state index in [0.29, 0.717) is 0 Å². The molecule has 2 aromatic carbocycles. The van der Waals surface area contributed by atoms with Crippen LogP contribution in [0.4, 0.5) is 0 Å². The van der Waals surface area contributed by atoms with Gasteiger partial charge in [0.05, 0.1) is 11.5 Å². The van der Waals surface area contributed by atoms with Crippen molar-refractivity contribution in [2.45, 2.75) is 31.2 Å². The van der Waals surface area contributed by atoms with Crippen molar-refractivity contribution in [2.24, 2.45) is 0 Å². The molecule has 29 heavy (non-hydrogen) atoms. The molecule has 0 bridgehead atoms. The lowest BCUT2D eigenvalue weighted by Gasteiger charge is -2.24. The van der Waals surface area contributed by atoms with Crippen LogP contribution in [-0.4, -0.2) is 44.5 Å². The molecular formula is C20H26NO6PS. The largest absolute Gasteiger partial charge is 0.481 e. The molecule has 0 fully saturated rings. The van der Waals surface area contributed by atoms with Crippen molar-refractivity contribution < 1.29 is 27.4 Å². The number of carbonyl (C=O) groups is 1. The molecule has 9 heteroatoms. The van der Waals surface area contributed by atoms with Gasteiger partial charge in [-0.2, -0.15) is 0 Å². The highest BCUT2D eigenvalue weighted by Gasteiger charge is 2.32. The quantitative estimate of drug-likeness (QED) is 0.520. The van der Waals surface area contributed by atoms with Crippen molar-refractivity contribution in [3.8, 4) is 0 Å². The zero-order chi connectivity index (χ0) is 21.5. The minimum Gasteiger partial charge on any atom is -0.481 e. The Balaban J connectivity index is 2.32. The first kappa shape index (κ1) is 23.3. The third-order valence-corrected chi connectivity index (χ3v) is 8.23. The maximum Gasteiger partial charge on any atom is 0.313 e. The van der Waals surface area contributed by atoms with E-state index in [4.69, 9.17) is 9.63 Å². The molecule has 2 N–H and O–H groups in total. The van der Waals surface area contributed by atoms with Crippen LogP contribution in [-0.2, 0) is 30.3 Å². The number of aliphatic carboxylic acids is 1. The Kier molecular flexibility index (Phi) is 8.16. The predicted molar refractivity (Wildman–Crippen MR) is 112 cm³/mol. The Morgan fingerprint density at radius 2 is 1.76 bits per heavy atom. The number of carboxylic acid groups (broad SMARTS) is 1. The SMILES string of the molecule is CCOP(=O)(CC(=O)O)CC(Cc1ccccc1)NS(=O)(=O)c1ccc(C)cc1. The first-order chi connectivity index (χ1) is 13.6. The van der Waals surface area contributed by atoms with Crippen LogP contribution < -0.4 is 4.72 Å². The lowest BCUT2D eigenvalue weighted by atomic mass is 10.1. The molecule has 2 aromatic rings. The van der Waals surface area contributed by atoms with Gasteiger partial charge in [0, 0.05) is 12.2 Å². The van der Waals surface area contributed by atoms with Gasteiger partial charge < -0.3 is 9.63 Å². The average molecular weight is 439 g/mol. The standard InChI is InChI=1S/C20H26NO6PS/c1-3-27-28(24,15-20(22)23)14-18(13-17-7-5-4-6-8-17)21-29(25,26)19-11-9-16(2)10-12-19/h4-12,18,21H,3,13-15H2,1-2H3,(H,22,23). The monoisotopic (exact) mass is 439 g/mol. The van der Waals surface area contributed by atoms with E-state index in [1.54, 1.807) is 19.1 Å². The molecule has 0 aliphatic rings. The lowest BCUT2D eigenvalue weighted by Crippen LogP contribution is -2.39. The number of hydrogen-bond donors (Lipinski definition) is 2. The third-order valence-electron chi connectivity index (χ3n) is 4.22. The van der Waals surface area contributed by atoms with E-state index in [0.717, 1.165) is 11.1 Å². The number of aryl methyl sites for hydroxylation is 1. The van der Waals surface area contributed by atoms with Gasteiger partial charge >= 0.3 is 5.97 Å². The summed E-state index contributed by atoms with van der Waals surface area (Å²) in [6.45, 7) is 3.55. The van der Waals surface area contributed by atoms with Crippen LogP contribution in [0.1, 0.15) is 18.1 Å². The Bertz CT molecular complexity index is 960. The molecule has 0 saturated carbocycles. The number of benzene rings is 2. The summed E-state index contributed by atoms with van der Waals surface area (Å²) in [4.78, 5) is 11.3. The van der Waals surface area contributed by atoms with Gasteiger partial charge in [-0.1, -0.05) is 48.0 Å². The van der Waals surface area contributed by atoms with Crippen LogP contribution in [0.5, 0.6) is 0 Å². The second-order valence-electron chi connectivity index (χ2n) is 6.79. The smallest absolute Gasteiger partial charge is 0.313 e. The van der Waals surface area contributed by atoms with Crippen molar-refractivity contribution >= 4 is 23.4 Å². The minimum atomic E-state index is -3.89. The van der Waals surface area contributed by atoms with Gasteiger partial charge in [0.15, 0.2) is 0 Å². The van der Waals surface area contributed by atoms with E-state index >= 15 is 0 Å². The zero-order valence-electron chi connectivity index (χ0n) is 16.4. The van der Waals surface area contributed by atoms with Crippen LogP contribution >= 0.6 is 7.37 Å². The van der Waals surface area contributed by atoms with Gasteiger partial charge in [-0.3, -0.25) is 9.36 Å². The van der Waals surface area contributed by atoms with Crippen molar-refractivity contribution in [3.63, 3.8) is 0 Å². The molecule has 0 aliphatic heterocycles. The third kappa shape index (κ3) is 7.40. The van der Waals surface area contributed by atoms with Crippen molar-refractivity contribution in [1.29, 1.82) is 0 Å². The summed E-state index contributed by atoms with van der Waals surface area (Å²) in [6, 6.07) is 14.7. The number of rotatable bonds is 11. The first-order valence-corrected chi connectivity index (χ1v) is 12.7. The summed E-state index contributed by atoms with van der Waals surface area (Å²) in [5.74, 6) is -1.25. The predicted octanol–water partition coefficient (Wildman–Crippen LogP) is 3.28. The molecule has 0 spiro atoms. The van der Waals surface area contributed by atoms with Crippen LogP contribution in [0.2, 0.25) is 0 Å².